The molecule has 0 saturated carbocycles. The predicted octanol–water partition coefficient (Wildman–Crippen LogP) is 2.63. The van der Waals surface area contributed by atoms with Gasteiger partial charge < -0.3 is 16.0 Å². The van der Waals surface area contributed by atoms with Gasteiger partial charge in [-0.1, -0.05) is 13.8 Å². The molecule has 26 heavy (non-hydrogen) atoms. The zero-order valence-corrected chi connectivity index (χ0v) is 15.2. The summed E-state index contributed by atoms with van der Waals surface area (Å²) in [6.45, 7) is 7.34. The number of imidazole rings is 1. The van der Waals surface area contributed by atoms with Gasteiger partial charge in [0.1, 0.15) is 11.6 Å². The lowest BCUT2D eigenvalue weighted by molar-refractivity contribution is 0.470. The topological polar surface area (TPSA) is 79.2 Å². The van der Waals surface area contributed by atoms with Crippen molar-refractivity contribution in [2.75, 3.05) is 30.3 Å². The molecule has 0 spiro atoms. The summed E-state index contributed by atoms with van der Waals surface area (Å²) in [5.74, 6) is 2.45. The molecular weight excluding hydrogens is 326 g/mol. The average molecular weight is 351 g/mol. The molecule has 0 aromatic carbocycles. The Bertz CT molecular complexity index is 865. The standard InChI is InChI=1S/C19H25N7/c1-13(2)7-8-21-17-4-3-14(9-22-17)16-12-23-19-6-5-18(25-26(16)19)24-15-10-20-11-15/h3-6,9,12-13,15,20H,7-8,10-11H2,1-2H3,(H,21,22)(H,24,25). The largest absolute Gasteiger partial charge is 0.370 e. The van der Waals surface area contributed by atoms with Crippen molar-refractivity contribution in [3.63, 3.8) is 0 Å². The summed E-state index contributed by atoms with van der Waals surface area (Å²) >= 11 is 0. The second-order valence-corrected chi connectivity index (χ2v) is 7.17. The third-order valence-corrected chi connectivity index (χ3v) is 4.58. The number of fused-ring (bicyclic) bond motifs is 1. The summed E-state index contributed by atoms with van der Waals surface area (Å²) in [5.41, 5.74) is 2.77. The quantitative estimate of drug-likeness (QED) is 0.607. The van der Waals surface area contributed by atoms with Gasteiger partial charge in [0.25, 0.3) is 0 Å². The summed E-state index contributed by atoms with van der Waals surface area (Å²) in [6.07, 6.45) is 4.85. The van der Waals surface area contributed by atoms with Crippen molar-refractivity contribution in [1.82, 2.24) is 24.9 Å². The molecule has 0 atom stereocenters. The van der Waals surface area contributed by atoms with Crippen LogP contribution in [-0.2, 0) is 0 Å². The van der Waals surface area contributed by atoms with Crippen LogP contribution < -0.4 is 16.0 Å². The van der Waals surface area contributed by atoms with Crippen LogP contribution in [0.5, 0.6) is 0 Å². The van der Waals surface area contributed by atoms with Gasteiger partial charge in [0.2, 0.25) is 0 Å². The Hall–Kier alpha value is -2.67. The molecule has 3 aromatic rings. The van der Waals surface area contributed by atoms with Gasteiger partial charge in [-0.15, -0.1) is 5.10 Å². The fourth-order valence-electron chi connectivity index (χ4n) is 2.89. The van der Waals surface area contributed by atoms with E-state index in [9.17, 15) is 0 Å². The zero-order valence-electron chi connectivity index (χ0n) is 15.2. The molecule has 3 aromatic heterocycles. The van der Waals surface area contributed by atoms with Gasteiger partial charge in [-0.25, -0.2) is 14.5 Å². The van der Waals surface area contributed by atoms with Crippen LogP contribution in [0, 0.1) is 5.92 Å². The maximum absolute atomic E-state index is 4.70. The first-order valence-electron chi connectivity index (χ1n) is 9.21. The van der Waals surface area contributed by atoms with E-state index < -0.39 is 0 Å². The first kappa shape index (κ1) is 16.8. The fourth-order valence-corrected chi connectivity index (χ4v) is 2.89. The lowest BCUT2D eigenvalue weighted by atomic mass is 10.1. The van der Waals surface area contributed by atoms with Crippen LogP contribution in [-0.4, -0.2) is 45.3 Å². The summed E-state index contributed by atoms with van der Waals surface area (Å²) in [7, 11) is 0. The van der Waals surface area contributed by atoms with Crippen LogP contribution in [0.25, 0.3) is 16.9 Å². The smallest absolute Gasteiger partial charge is 0.154 e. The van der Waals surface area contributed by atoms with E-state index in [0.717, 1.165) is 54.6 Å². The van der Waals surface area contributed by atoms with E-state index in [2.05, 4.69) is 45.8 Å². The second kappa shape index (κ2) is 7.29. The Morgan fingerprint density at radius 3 is 2.65 bits per heavy atom. The van der Waals surface area contributed by atoms with Crippen molar-refractivity contribution in [2.45, 2.75) is 26.3 Å². The molecule has 0 bridgehead atoms. The average Bonchev–Trinajstić information content (AvgIpc) is 3.02. The molecule has 0 aliphatic carbocycles. The molecule has 1 fully saturated rings. The maximum Gasteiger partial charge on any atom is 0.154 e. The van der Waals surface area contributed by atoms with E-state index in [-0.39, 0.29) is 0 Å². The molecule has 1 saturated heterocycles. The van der Waals surface area contributed by atoms with E-state index in [0.29, 0.717) is 12.0 Å². The number of hydrogen-bond donors (Lipinski definition) is 3. The Labute approximate surface area is 153 Å². The van der Waals surface area contributed by atoms with Crippen molar-refractivity contribution in [1.29, 1.82) is 0 Å². The number of nitrogens with zero attached hydrogens (tertiary/aromatic N) is 4. The van der Waals surface area contributed by atoms with E-state index >= 15 is 0 Å². The van der Waals surface area contributed by atoms with E-state index in [1.165, 1.54) is 0 Å². The molecule has 4 heterocycles. The van der Waals surface area contributed by atoms with Crippen LogP contribution in [0.2, 0.25) is 0 Å². The van der Waals surface area contributed by atoms with Gasteiger partial charge in [0.05, 0.1) is 17.9 Å². The monoisotopic (exact) mass is 351 g/mol. The van der Waals surface area contributed by atoms with Crippen LogP contribution in [0.4, 0.5) is 11.6 Å². The molecule has 4 rings (SSSR count). The molecule has 7 heteroatoms. The predicted molar refractivity (Wildman–Crippen MR) is 104 cm³/mol. The first-order valence-corrected chi connectivity index (χ1v) is 9.21. The van der Waals surface area contributed by atoms with Gasteiger partial charge in [-0.05, 0) is 36.6 Å². The molecule has 1 aliphatic rings. The molecule has 1 aliphatic heterocycles. The Morgan fingerprint density at radius 1 is 1.12 bits per heavy atom. The highest BCUT2D eigenvalue weighted by molar-refractivity contribution is 5.64. The Kier molecular flexibility index (Phi) is 4.71. The SMILES string of the molecule is CC(C)CCNc1ccc(-c2cnc3ccc(NC4CNC4)nn23)cn1. The second-order valence-electron chi connectivity index (χ2n) is 7.17. The van der Waals surface area contributed by atoms with E-state index in [1.807, 2.05) is 35.1 Å². The van der Waals surface area contributed by atoms with Gasteiger partial charge >= 0.3 is 0 Å². The minimum Gasteiger partial charge on any atom is -0.370 e. The van der Waals surface area contributed by atoms with Gasteiger partial charge in [-0.2, -0.15) is 0 Å². The number of aromatic nitrogens is 4. The van der Waals surface area contributed by atoms with Crippen LogP contribution >= 0.6 is 0 Å². The van der Waals surface area contributed by atoms with Gasteiger partial charge in [-0.3, -0.25) is 0 Å². The van der Waals surface area contributed by atoms with Crippen molar-refractivity contribution < 1.29 is 0 Å². The molecule has 0 unspecified atom stereocenters. The summed E-state index contributed by atoms with van der Waals surface area (Å²) in [6, 6.07) is 8.48. The molecule has 0 radical (unpaired) electrons. The number of nitrogens with one attached hydrogen (secondary N) is 3. The van der Waals surface area contributed by atoms with E-state index in [4.69, 9.17) is 5.10 Å². The fraction of sp³-hybridized carbons (Fsp3) is 0.421. The highest BCUT2D eigenvalue weighted by atomic mass is 15.3. The molecule has 3 N–H and O–H groups in total. The minimum atomic E-state index is 0.449. The Balaban J connectivity index is 1.52. The highest BCUT2D eigenvalue weighted by Gasteiger charge is 2.17. The van der Waals surface area contributed by atoms with Crippen LogP contribution in [0.3, 0.4) is 0 Å². The normalized spacial score (nSPS) is 14.6. The third-order valence-electron chi connectivity index (χ3n) is 4.58. The lowest BCUT2D eigenvalue weighted by Gasteiger charge is -2.28. The number of rotatable bonds is 7. The van der Waals surface area contributed by atoms with E-state index in [1.54, 1.807) is 0 Å². The summed E-state index contributed by atoms with van der Waals surface area (Å²) in [5, 5.41) is 14.7. The Morgan fingerprint density at radius 2 is 1.96 bits per heavy atom. The molecule has 7 nitrogen and oxygen atoms in total. The van der Waals surface area contributed by atoms with Crippen LogP contribution in [0.15, 0.2) is 36.7 Å². The molecular formula is C19H25N7. The first-order chi connectivity index (χ1) is 12.7. The highest BCUT2D eigenvalue weighted by Crippen LogP contribution is 2.21. The number of hydrogen-bond acceptors (Lipinski definition) is 6. The zero-order chi connectivity index (χ0) is 17.9. The third kappa shape index (κ3) is 3.62. The van der Waals surface area contributed by atoms with Crippen molar-refractivity contribution in [3.05, 3.63) is 36.7 Å². The van der Waals surface area contributed by atoms with Crippen LogP contribution in [0.1, 0.15) is 20.3 Å². The summed E-state index contributed by atoms with van der Waals surface area (Å²) < 4.78 is 1.87. The summed E-state index contributed by atoms with van der Waals surface area (Å²) in [4.78, 5) is 8.99. The number of anilines is 2. The van der Waals surface area contributed by atoms with Gasteiger partial charge in [0.15, 0.2) is 5.65 Å². The van der Waals surface area contributed by atoms with Crippen molar-refractivity contribution in [3.8, 4) is 11.3 Å². The molecule has 0 amide bonds. The van der Waals surface area contributed by atoms with Crippen molar-refractivity contribution in [2.24, 2.45) is 5.92 Å². The van der Waals surface area contributed by atoms with Gasteiger partial charge in [0, 0.05) is 31.4 Å². The maximum atomic E-state index is 4.70. The minimum absolute atomic E-state index is 0.449. The van der Waals surface area contributed by atoms with Crippen molar-refractivity contribution >= 4 is 17.3 Å². The number of pyridine rings is 1. The lowest BCUT2D eigenvalue weighted by Crippen LogP contribution is -2.51. The molecule has 136 valence electrons.